The zero-order chi connectivity index (χ0) is 15.4. The fourth-order valence-corrected chi connectivity index (χ4v) is 1.79. The summed E-state index contributed by atoms with van der Waals surface area (Å²) >= 11 is 0. The second kappa shape index (κ2) is 6.00. The maximum Gasteiger partial charge on any atom is 0.285 e. The van der Waals surface area contributed by atoms with Crippen molar-refractivity contribution in [1.82, 2.24) is 5.32 Å². The summed E-state index contributed by atoms with van der Waals surface area (Å²) in [6.07, 6.45) is 0. The van der Waals surface area contributed by atoms with E-state index < -0.39 is 22.3 Å². The average Bonchev–Trinajstić information content (AvgIpc) is 2.48. The molecule has 0 atom stereocenters. The quantitative estimate of drug-likeness (QED) is 0.512. The summed E-state index contributed by atoms with van der Waals surface area (Å²) in [5.74, 6) is -1.61. The monoisotopic (exact) mass is 289 g/mol. The molecule has 0 saturated heterocycles. The van der Waals surface area contributed by atoms with Gasteiger partial charge in [0.25, 0.3) is 11.6 Å². The van der Waals surface area contributed by atoms with Crippen LogP contribution in [0.2, 0.25) is 0 Å². The maximum atomic E-state index is 13.3. The van der Waals surface area contributed by atoms with Crippen molar-refractivity contribution < 1.29 is 14.1 Å². The van der Waals surface area contributed by atoms with Gasteiger partial charge in [-0.05, 0) is 11.6 Å². The SMILES string of the molecule is Nc1cc(C(=O)NCc2ccccc2)c([N+](=O)[O-])cc1F. The summed E-state index contributed by atoms with van der Waals surface area (Å²) in [5, 5.41) is 13.4. The molecule has 2 rings (SSSR count). The summed E-state index contributed by atoms with van der Waals surface area (Å²) in [6.45, 7) is 0.202. The molecule has 0 bridgehead atoms. The molecule has 7 heteroatoms. The Morgan fingerprint density at radius 3 is 2.57 bits per heavy atom. The van der Waals surface area contributed by atoms with Gasteiger partial charge in [0.15, 0.2) is 5.82 Å². The Bertz CT molecular complexity index is 689. The van der Waals surface area contributed by atoms with Gasteiger partial charge in [-0.25, -0.2) is 4.39 Å². The van der Waals surface area contributed by atoms with Crippen molar-refractivity contribution in [3.05, 3.63) is 69.5 Å². The second-order valence-corrected chi connectivity index (χ2v) is 4.32. The van der Waals surface area contributed by atoms with Gasteiger partial charge in [-0.15, -0.1) is 0 Å². The number of nitro groups is 1. The number of nitrogens with two attached hydrogens (primary N) is 1. The van der Waals surface area contributed by atoms with Gasteiger partial charge in [0.05, 0.1) is 16.7 Å². The molecule has 2 aromatic rings. The van der Waals surface area contributed by atoms with Gasteiger partial charge in [0.1, 0.15) is 5.56 Å². The zero-order valence-corrected chi connectivity index (χ0v) is 10.9. The molecular formula is C14H12FN3O3. The standard InChI is InChI=1S/C14H12FN3O3/c15-11-7-13(18(20)21)10(6-12(11)16)14(19)17-8-9-4-2-1-3-5-9/h1-7H,8,16H2,(H,17,19). The third-order valence-electron chi connectivity index (χ3n) is 2.85. The van der Waals surface area contributed by atoms with Gasteiger partial charge < -0.3 is 11.1 Å². The maximum absolute atomic E-state index is 13.3. The van der Waals surface area contributed by atoms with E-state index in [0.717, 1.165) is 11.6 Å². The summed E-state index contributed by atoms with van der Waals surface area (Å²) in [6, 6.07) is 10.7. The lowest BCUT2D eigenvalue weighted by molar-refractivity contribution is -0.385. The fraction of sp³-hybridized carbons (Fsp3) is 0.0714. The van der Waals surface area contributed by atoms with Gasteiger partial charge in [-0.1, -0.05) is 30.3 Å². The number of halogens is 1. The molecule has 0 aromatic heterocycles. The van der Waals surface area contributed by atoms with E-state index in [1.807, 2.05) is 6.07 Å². The molecule has 0 fully saturated rings. The van der Waals surface area contributed by atoms with Crippen LogP contribution in [0.15, 0.2) is 42.5 Å². The Hall–Kier alpha value is -2.96. The second-order valence-electron chi connectivity index (χ2n) is 4.32. The van der Waals surface area contributed by atoms with Crippen molar-refractivity contribution >= 4 is 17.3 Å². The van der Waals surface area contributed by atoms with Crippen LogP contribution in [-0.4, -0.2) is 10.8 Å². The number of nitrogen functional groups attached to an aromatic ring is 1. The molecule has 2 aromatic carbocycles. The highest BCUT2D eigenvalue weighted by Crippen LogP contribution is 2.24. The number of hydrogen-bond acceptors (Lipinski definition) is 4. The lowest BCUT2D eigenvalue weighted by Gasteiger charge is -2.07. The minimum absolute atomic E-state index is 0.202. The van der Waals surface area contributed by atoms with E-state index in [1.165, 1.54) is 0 Å². The summed E-state index contributed by atoms with van der Waals surface area (Å²) in [4.78, 5) is 22.1. The highest BCUT2D eigenvalue weighted by atomic mass is 19.1. The normalized spacial score (nSPS) is 10.1. The van der Waals surface area contributed by atoms with Crippen LogP contribution in [-0.2, 0) is 6.54 Å². The topological polar surface area (TPSA) is 98.3 Å². The summed E-state index contributed by atoms with van der Waals surface area (Å²) < 4.78 is 13.3. The zero-order valence-electron chi connectivity index (χ0n) is 10.9. The van der Waals surface area contributed by atoms with Crippen LogP contribution in [0.4, 0.5) is 15.8 Å². The first-order valence-corrected chi connectivity index (χ1v) is 6.04. The molecule has 0 aliphatic heterocycles. The van der Waals surface area contributed by atoms with Gasteiger partial charge in [0, 0.05) is 6.54 Å². The predicted octanol–water partition coefficient (Wildman–Crippen LogP) is 2.25. The van der Waals surface area contributed by atoms with Crippen molar-refractivity contribution in [2.24, 2.45) is 0 Å². The first kappa shape index (κ1) is 14.4. The van der Waals surface area contributed by atoms with Crippen LogP contribution in [0.1, 0.15) is 15.9 Å². The molecule has 108 valence electrons. The van der Waals surface area contributed by atoms with Crippen LogP contribution >= 0.6 is 0 Å². The van der Waals surface area contributed by atoms with Crippen LogP contribution in [0.25, 0.3) is 0 Å². The highest BCUT2D eigenvalue weighted by Gasteiger charge is 2.22. The Morgan fingerprint density at radius 2 is 1.95 bits per heavy atom. The van der Waals surface area contributed by atoms with Crippen molar-refractivity contribution in [2.45, 2.75) is 6.54 Å². The molecule has 3 N–H and O–H groups in total. The van der Waals surface area contributed by atoms with Crippen molar-refractivity contribution in [2.75, 3.05) is 5.73 Å². The van der Waals surface area contributed by atoms with E-state index in [0.29, 0.717) is 6.07 Å². The molecule has 0 saturated carbocycles. The van der Waals surface area contributed by atoms with E-state index in [-0.39, 0.29) is 17.8 Å². The number of carbonyl (C=O) groups excluding carboxylic acids is 1. The van der Waals surface area contributed by atoms with Crippen molar-refractivity contribution in [1.29, 1.82) is 0 Å². The van der Waals surface area contributed by atoms with Crippen molar-refractivity contribution in [3.8, 4) is 0 Å². The Morgan fingerprint density at radius 1 is 1.29 bits per heavy atom. The molecule has 0 heterocycles. The molecular weight excluding hydrogens is 277 g/mol. The number of nitrogens with one attached hydrogen (secondary N) is 1. The van der Waals surface area contributed by atoms with Gasteiger partial charge in [-0.2, -0.15) is 0 Å². The number of amides is 1. The van der Waals surface area contributed by atoms with E-state index in [4.69, 9.17) is 5.73 Å². The third kappa shape index (κ3) is 3.33. The first-order valence-electron chi connectivity index (χ1n) is 6.04. The molecule has 6 nitrogen and oxygen atoms in total. The predicted molar refractivity (Wildman–Crippen MR) is 75.1 cm³/mol. The fourth-order valence-electron chi connectivity index (χ4n) is 1.79. The van der Waals surface area contributed by atoms with Gasteiger partial charge in [-0.3, -0.25) is 14.9 Å². The Balaban J connectivity index is 2.22. The average molecular weight is 289 g/mol. The van der Waals surface area contributed by atoms with Crippen LogP contribution in [0, 0.1) is 15.9 Å². The molecule has 0 aliphatic rings. The molecule has 0 unspecified atom stereocenters. The molecule has 0 radical (unpaired) electrons. The first-order chi connectivity index (χ1) is 9.99. The van der Waals surface area contributed by atoms with Crippen LogP contribution in [0.5, 0.6) is 0 Å². The summed E-state index contributed by atoms with van der Waals surface area (Å²) in [5.41, 5.74) is 4.99. The lowest BCUT2D eigenvalue weighted by Crippen LogP contribution is -2.24. The number of anilines is 1. The van der Waals surface area contributed by atoms with E-state index in [1.54, 1.807) is 24.3 Å². The smallest absolute Gasteiger partial charge is 0.285 e. The van der Waals surface area contributed by atoms with E-state index in [9.17, 15) is 19.3 Å². The molecule has 21 heavy (non-hydrogen) atoms. The van der Waals surface area contributed by atoms with Crippen LogP contribution < -0.4 is 11.1 Å². The van der Waals surface area contributed by atoms with Crippen LogP contribution in [0.3, 0.4) is 0 Å². The van der Waals surface area contributed by atoms with E-state index >= 15 is 0 Å². The molecule has 1 amide bonds. The largest absolute Gasteiger partial charge is 0.396 e. The number of benzene rings is 2. The Kier molecular flexibility index (Phi) is 4.13. The summed E-state index contributed by atoms with van der Waals surface area (Å²) in [7, 11) is 0. The highest BCUT2D eigenvalue weighted by molar-refractivity contribution is 5.99. The molecule has 0 aliphatic carbocycles. The third-order valence-corrected chi connectivity index (χ3v) is 2.85. The minimum atomic E-state index is -0.929. The number of nitro benzene ring substituents is 1. The number of carbonyl (C=O) groups is 1. The number of rotatable bonds is 4. The number of nitrogens with zero attached hydrogens (tertiary/aromatic N) is 1. The van der Waals surface area contributed by atoms with Crippen molar-refractivity contribution in [3.63, 3.8) is 0 Å². The number of hydrogen-bond donors (Lipinski definition) is 2. The van der Waals surface area contributed by atoms with E-state index in [2.05, 4.69) is 5.32 Å². The Labute approximate surface area is 119 Å². The van der Waals surface area contributed by atoms with Gasteiger partial charge >= 0.3 is 0 Å². The minimum Gasteiger partial charge on any atom is -0.396 e. The lowest BCUT2D eigenvalue weighted by atomic mass is 10.1. The molecule has 0 spiro atoms. The van der Waals surface area contributed by atoms with Gasteiger partial charge in [0.2, 0.25) is 0 Å².